The van der Waals surface area contributed by atoms with Crippen LogP contribution in [0.4, 0.5) is 24.5 Å². The molecule has 27 heavy (non-hydrogen) atoms. The predicted molar refractivity (Wildman–Crippen MR) is 97.5 cm³/mol. The minimum Gasteiger partial charge on any atom is -0.359 e. The number of benzene rings is 2. The van der Waals surface area contributed by atoms with Gasteiger partial charge in [0.2, 0.25) is 0 Å². The van der Waals surface area contributed by atoms with Crippen molar-refractivity contribution in [3.05, 3.63) is 54.1 Å². The van der Waals surface area contributed by atoms with Crippen LogP contribution in [0.15, 0.2) is 53.4 Å². The molecule has 5 nitrogen and oxygen atoms in total. The summed E-state index contributed by atoms with van der Waals surface area (Å²) in [7, 11) is -1.89. The van der Waals surface area contributed by atoms with Crippen molar-refractivity contribution in [2.45, 2.75) is 11.1 Å². The van der Waals surface area contributed by atoms with Crippen LogP contribution in [0.2, 0.25) is 0 Å². The number of rotatable bonds is 4. The molecule has 1 heterocycles. The first-order chi connectivity index (χ1) is 12.7. The number of likely N-dealkylation sites (N-methyl/N-ethyl adjacent to an activating group) is 1. The van der Waals surface area contributed by atoms with Crippen molar-refractivity contribution >= 4 is 21.4 Å². The largest absolute Gasteiger partial charge is 0.416 e. The molecule has 0 unspecified atom stereocenters. The number of hydrogen-bond donors (Lipinski definition) is 2. The molecule has 0 saturated carbocycles. The summed E-state index contributed by atoms with van der Waals surface area (Å²) in [6, 6.07) is 10.5. The molecule has 1 aliphatic heterocycles. The maximum atomic E-state index is 12.7. The quantitative estimate of drug-likeness (QED) is 0.824. The first-order valence-electron chi connectivity index (χ1n) is 8.52. The molecule has 1 aliphatic rings. The number of nitrogens with one attached hydrogen (secondary N) is 2. The fraction of sp³-hybridized carbons (Fsp3) is 0.333. The Morgan fingerprint density at radius 2 is 1.59 bits per heavy atom. The van der Waals surface area contributed by atoms with Crippen molar-refractivity contribution in [3.63, 3.8) is 0 Å². The summed E-state index contributed by atoms with van der Waals surface area (Å²) in [4.78, 5) is 3.31. The van der Waals surface area contributed by atoms with Crippen molar-refractivity contribution in [1.82, 2.24) is 0 Å². The molecule has 0 atom stereocenters. The maximum Gasteiger partial charge on any atom is 0.416 e. The standard InChI is InChI=1S/C18H20F3N3O2S/c1-23-10-12-24(13-11-23)17-5-3-2-4-16(17)22-27(25,26)15-8-6-14(7-9-15)18(19,20)21/h2-9,22H,10-13H2,1H3/p+1. The number of nitrogens with zero attached hydrogens (tertiary/aromatic N) is 1. The fourth-order valence-electron chi connectivity index (χ4n) is 2.99. The highest BCUT2D eigenvalue weighted by atomic mass is 32.2. The van der Waals surface area contributed by atoms with Crippen LogP contribution in [-0.4, -0.2) is 41.6 Å². The van der Waals surface area contributed by atoms with E-state index in [1.165, 1.54) is 4.90 Å². The van der Waals surface area contributed by atoms with Gasteiger partial charge in [-0.3, -0.25) is 4.72 Å². The number of piperazine rings is 1. The number of quaternary nitrogens is 1. The van der Waals surface area contributed by atoms with Gasteiger partial charge in [0.05, 0.1) is 55.1 Å². The van der Waals surface area contributed by atoms with Crippen molar-refractivity contribution in [2.75, 3.05) is 42.8 Å². The second-order valence-corrected chi connectivity index (χ2v) is 8.27. The Kier molecular flexibility index (Phi) is 5.34. The second-order valence-electron chi connectivity index (χ2n) is 6.59. The Balaban J connectivity index is 1.84. The fourth-order valence-corrected chi connectivity index (χ4v) is 4.07. The summed E-state index contributed by atoms with van der Waals surface area (Å²) in [5, 5.41) is 0. The average Bonchev–Trinajstić information content (AvgIpc) is 2.62. The number of alkyl halides is 3. The van der Waals surface area contributed by atoms with Gasteiger partial charge in [-0.2, -0.15) is 13.2 Å². The predicted octanol–water partition coefficient (Wildman–Crippen LogP) is 1.84. The minimum atomic E-state index is -4.51. The monoisotopic (exact) mass is 400 g/mol. The Labute approximate surface area is 156 Å². The zero-order valence-corrected chi connectivity index (χ0v) is 15.6. The molecule has 0 aliphatic carbocycles. The van der Waals surface area contributed by atoms with E-state index in [-0.39, 0.29) is 4.90 Å². The van der Waals surface area contributed by atoms with Gasteiger partial charge in [0.25, 0.3) is 10.0 Å². The normalized spacial score (nSPS) is 16.4. The molecular weight excluding hydrogens is 379 g/mol. The lowest BCUT2D eigenvalue weighted by molar-refractivity contribution is -0.880. The van der Waals surface area contributed by atoms with Crippen LogP contribution >= 0.6 is 0 Å². The molecule has 0 bridgehead atoms. The van der Waals surface area contributed by atoms with Crippen LogP contribution in [0.5, 0.6) is 0 Å². The summed E-state index contributed by atoms with van der Waals surface area (Å²) in [6.07, 6.45) is -4.51. The third kappa shape index (κ3) is 4.54. The molecule has 9 heteroatoms. The molecule has 1 fully saturated rings. The molecule has 2 aromatic rings. The summed E-state index contributed by atoms with van der Waals surface area (Å²) in [5.74, 6) is 0. The third-order valence-electron chi connectivity index (χ3n) is 4.60. The van der Waals surface area contributed by atoms with E-state index in [0.29, 0.717) is 5.69 Å². The first-order valence-corrected chi connectivity index (χ1v) is 10.0. The molecule has 1 saturated heterocycles. The highest BCUT2D eigenvalue weighted by molar-refractivity contribution is 7.92. The average molecular weight is 400 g/mol. The Morgan fingerprint density at radius 3 is 2.19 bits per heavy atom. The van der Waals surface area contributed by atoms with Gasteiger partial charge >= 0.3 is 6.18 Å². The lowest BCUT2D eigenvalue weighted by Gasteiger charge is -2.33. The number of halogens is 3. The summed E-state index contributed by atoms with van der Waals surface area (Å²) >= 11 is 0. The maximum absolute atomic E-state index is 12.7. The molecule has 2 aromatic carbocycles. The lowest BCUT2D eigenvalue weighted by atomic mass is 10.2. The van der Waals surface area contributed by atoms with Crippen LogP contribution in [0.25, 0.3) is 0 Å². The SMILES string of the molecule is C[NH+]1CCN(c2ccccc2NS(=O)(=O)c2ccc(C(F)(F)F)cc2)CC1. The number of anilines is 2. The molecule has 0 amide bonds. The molecule has 3 rings (SSSR count). The summed E-state index contributed by atoms with van der Waals surface area (Å²) in [6.45, 7) is 3.48. The highest BCUT2D eigenvalue weighted by Gasteiger charge is 2.31. The van der Waals surface area contributed by atoms with E-state index in [9.17, 15) is 21.6 Å². The van der Waals surface area contributed by atoms with Gasteiger partial charge in [-0.25, -0.2) is 8.42 Å². The van der Waals surface area contributed by atoms with Crippen LogP contribution in [0, 0.1) is 0 Å². The molecule has 0 aromatic heterocycles. The number of para-hydroxylation sites is 2. The smallest absolute Gasteiger partial charge is 0.359 e. The van der Waals surface area contributed by atoms with Crippen molar-refractivity contribution < 1.29 is 26.5 Å². The molecule has 0 spiro atoms. The van der Waals surface area contributed by atoms with Crippen molar-refractivity contribution in [3.8, 4) is 0 Å². The topological polar surface area (TPSA) is 53.9 Å². The van der Waals surface area contributed by atoms with Gasteiger partial charge in [0.15, 0.2) is 0 Å². The zero-order valence-electron chi connectivity index (χ0n) is 14.8. The van der Waals surface area contributed by atoms with Gasteiger partial charge in [0, 0.05) is 0 Å². The summed E-state index contributed by atoms with van der Waals surface area (Å²) in [5.41, 5.74) is 0.291. The first kappa shape index (κ1) is 19.5. The van der Waals surface area contributed by atoms with E-state index in [4.69, 9.17) is 0 Å². The van der Waals surface area contributed by atoms with E-state index in [1.807, 2.05) is 12.1 Å². The van der Waals surface area contributed by atoms with E-state index >= 15 is 0 Å². The van der Waals surface area contributed by atoms with Crippen LogP contribution in [-0.2, 0) is 16.2 Å². The Bertz CT molecular complexity index is 891. The molecule has 146 valence electrons. The van der Waals surface area contributed by atoms with Gasteiger partial charge < -0.3 is 9.80 Å². The van der Waals surface area contributed by atoms with E-state index < -0.39 is 21.8 Å². The zero-order chi connectivity index (χ0) is 19.7. The molecule has 0 radical (unpaired) electrons. The van der Waals surface area contributed by atoms with Crippen LogP contribution in [0.3, 0.4) is 0 Å². The van der Waals surface area contributed by atoms with E-state index in [1.54, 1.807) is 12.1 Å². The lowest BCUT2D eigenvalue weighted by Crippen LogP contribution is -3.12. The van der Waals surface area contributed by atoms with Crippen molar-refractivity contribution in [1.29, 1.82) is 0 Å². The van der Waals surface area contributed by atoms with E-state index in [0.717, 1.165) is 56.1 Å². The number of sulfonamides is 1. The highest BCUT2D eigenvalue weighted by Crippen LogP contribution is 2.31. The second kappa shape index (κ2) is 7.40. The molecule has 2 N–H and O–H groups in total. The van der Waals surface area contributed by atoms with Gasteiger partial charge in [-0.15, -0.1) is 0 Å². The van der Waals surface area contributed by atoms with Gasteiger partial charge in [0.1, 0.15) is 0 Å². The Hall–Kier alpha value is -2.26. The van der Waals surface area contributed by atoms with Crippen molar-refractivity contribution in [2.24, 2.45) is 0 Å². The minimum absolute atomic E-state index is 0.215. The van der Waals surface area contributed by atoms with Crippen LogP contribution in [0.1, 0.15) is 5.56 Å². The Morgan fingerprint density at radius 1 is 1.00 bits per heavy atom. The molecular formula is C18H21F3N3O2S+. The number of hydrogen-bond acceptors (Lipinski definition) is 3. The van der Waals surface area contributed by atoms with Gasteiger partial charge in [-0.05, 0) is 36.4 Å². The van der Waals surface area contributed by atoms with Crippen LogP contribution < -0.4 is 14.5 Å². The van der Waals surface area contributed by atoms with E-state index in [2.05, 4.69) is 16.7 Å². The van der Waals surface area contributed by atoms with Gasteiger partial charge in [-0.1, -0.05) is 12.1 Å². The summed E-state index contributed by atoms with van der Waals surface area (Å²) < 4.78 is 65.8. The third-order valence-corrected chi connectivity index (χ3v) is 5.98.